The molecule has 24 nitrogen and oxygen atoms in total. The number of nitrogens with two attached hydrogens (primary N) is 2. The van der Waals surface area contributed by atoms with E-state index in [-0.39, 0.29) is 34.2 Å². The Morgan fingerprint density at radius 1 is 0.917 bits per heavy atom. The van der Waals surface area contributed by atoms with E-state index < -0.39 is 102 Å². The number of aromatic nitrogens is 8. The number of nitrogen functional groups attached to an aromatic ring is 2. The second-order valence-corrected chi connectivity index (χ2v) is 13.6. The number of nitrogens with zero attached hydrogens (tertiary/aromatic N) is 6. The summed E-state index contributed by atoms with van der Waals surface area (Å²) in [4.78, 5) is 65.0. The fourth-order valence-corrected chi connectivity index (χ4v) is 6.52. The van der Waals surface area contributed by atoms with Crippen molar-refractivity contribution >= 4 is 49.8 Å². The van der Waals surface area contributed by atoms with Gasteiger partial charge in [0.15, 0.2) is 34.8 Å². The summed E-state index contributed by atoms with van der Waals surface area (Å²) in [7, 11) is -7.88. The average molecular weight is 720 g/mol. The molecule has 4 aromatic rings. The molecule has 48 heavy (non-hydrogen) atoms. The number of fused-ring (bicyclic) bond motifs is 2. The average Bonchev–Trinajstić information content (AvgIpc) is 3.77. The van der Waals surface area contributed by atoms with Crippen molar-refractivity contribution in [1.82, 2.24) is 39.0 Å². The summed E-state index contributed by atoms with van der Waals surface area (Å²) in [5.74, 6) is -0.503. The van der Waals surface area contributed by atoms with Crippen molar-refractivity contribution in [3.8, 4) is 0 Å². The lowest BCUT2D eigenvalue weighted by atomic mass is 10.1. The van der Waals surface area contributed by atoms with E-state index in [1.807, 2.05) is 0 Å². The highest BCUT2D eigenvalue weighted by atomic mass is 31.2. The van der Waals surface area contributed by atoms with Crippen molar-refractivity contribution in [1.29, 1.82) is 0 Å². The van der Waals surface area contributed by atoms with Gasteiger partial charge in [0.05, 0.1) is 25.9 Å². The topological polar surface area (TPSA) is 361 Å². The Labute approximate surface area is 266 Å². The zero-order valence-corrected chi connectivity index (χ0v) is 26.2. The highest BCUT2D eigenvalue weighted by Gasteiger charge is 2.49. The van der Waals surface area contributed by atoms with Crippen molar-refractivity contribution in [2.75, 3.05) is 37.4 Å². The third-order valence-corrected chi connectivity index (χ3v) is 8.97. The number of aliphatic hydroxyl groups excluding tert-OH is 3. The molecular weight excluding hydrogens is 690 g/mol. The molecular formula is C22H30N10O14P2. The van der Waals surface area contributed by atoms with Gasteiger partial charge in [-0.25, -0.2) is 9.97 Å². The van der Waals surface area contributed by atoms with Crippen LogP contribution in [0.2, 0.25) is 0 Å². The van der Waals surface area contributed by atoms with Crippen LogP contribution in [0.4, 0.5) is 11.9 Å². The standard InChI is InChI=1S/C22H30N10O14P2/c23-21-27-15-9(17(36)29-21)25-3-31(15)19-13(42-5-47(38)39)12(35)8(46-19)2-44-48(40,41)6-43-14-11(34)7(1-33)45-20(14)32-4-26-10-16(32)28-22(24)30-18(10)37/h3-4,7-8,11-14,19-20,33-35,47H,1-2,5-6H2,(H,38,39)(H,40,41)(H3,23,27,29,36)(H3,24,28,30,37)/t7-,8-,11+,12?,13?,14+,19-,20-/m1/s1. The first kappa shape index (κ1) is 34.2. The quantitative estimate of drug-likeness (QED) is 0.0635. The molecule has 6 rings (SSSR count). The molecule has 2 aliphatic heterocycles. The number of rotatable bonds is 12. The van der Waals surface area contributed by atoms with Gasteiger partial charge in [-0.1, -0.05) is 0 Å². The molecule has 10 atom stereocenters. The fraction of sp³-hybridized carbons (Fsp3) is 0.545. The summed E-state index contributed by atoms with van der Waals surface area (Å²) in [5.41, 5.74) is 9.59. The van der Waals surface area contributed by atoms with Crippen LogP contribution in [0.3, 0.4) is 0 Å². The number of aromatic amines is 2. The second kappa shape index (κ2) is 13.3. The Morgan fingerprint density at radius 2 is 1.42 bits per heavy atom. The largest absolute Gasteiger partial charge is 0.394 e. The van der Waals surface area contributed by atoms with Crippen LogP contribution in [-0.4, -0.2) is 127 Å². The molecule has 0 aliphatic carbocycles. The smallest absolute Gasteiger partial charge is 0.353 e. The normalized spacial score (nSPS) is 29.5. The fourth-order valence-electron chi connectivity index (χ4n) is 5.37. The van der Waals surface area contributed by atoms with Crippen molar-refractivity contribution in [2.24, 2.45) is 0 Å². The third-order valence-electron chi connectivity index (χ3n) is 7.53. The second-order valence-electron chi connectivity index (χ2n) is 10.7. The van der Waals surface area contributed by atoms with E-state index in [0.717, 1.165) is 12.7 Å². The summed E-state index contributed by atoms with van der Waals surface area (Å²) in [6.45, 7) is -1.40. The molecule has 11 N–H and O–H groups in total. The lowest BCUT2D eigenvalue weighted by Gasteiger charge is -2.24. The maximum atomic E-state index is 13.1. The van der Waals surface area contributed by atoms with Crippen LogP contribution in [0, 0.1) is 0 Å². The maximum Gasteiger partial charge on any atom is 0.353 e. The summed E-state index contributed by atoms with van der Waals surface area (Å²) >= 11 is 0. The molecule has 0 amide bonds. The monoisotopic (exact) mass is 720 g/mol. The van der Waals surface area contributed by atoms with Crippen LogP contribution < -0.4 is 22.6 Å². The van der Waals surface area contributed by atoms with Gasteiger partial charge in [-0.3, -0.25) is 37.8 Å². The highest BCUT2D eigenvalue weighted by Crippen LogP contribution is 2.45. The molecule has 0 bridgehead atoms. The summed E-state index contributed by atoms with van der Waals surface area (Å²) < 4.78 is 54.6. The molecule has 0 saturated carbocycles. The van der Waals surface area contributed by atoms with Crippen molar-refractivity contribution in [3.05, 3.63) is 33.4 Å². The zero-order valence-electron chi connectivity index (χ0n) is 24.3. The van der Waals surface area contributed by atoms with Gasteiger partial charge in [-0.05, 0) is 0 Å². The van der Waals surface area contributed by atoms with Crippen LogP contribution in [0.5, 0.6) is 0 Å². The molecule has 262 valence electrons. The predicted octanol–water partition coefficient (Wildman–Crippen LogP) is -3.72. The van der Waals surface area contributed by atoms with Crippen LogP contribution in [0.25, 0.3) is 22.3 Å². The Hall–Kier alpha value is -3.64. The number of aliphatic hydroxyl groups is 3. The molecule has 2 aliphatic rings. The Balaban J connectivity index is 1.17. The summed E-state index contributed by atoms with van der Waals surface area (Å²) in [5, 5.41) is 31.5. The lowest BCUT2D eigenvalue weighted by molar-refractivity contribution is -0.0675. The van der Waals surface area contributed by atoms with E-state index in [9.17, 15) is 43.8 Å². The SMILES string of the molecule is Nc1nc2c(ncn2[C@@H]2O[C@H](COP(=O)(O)CO[C@H]3[C@@H](O)[C@@H](CO)O[C@H]3n3cnc4c(=O)[nH]c(N)nc43)C(O)C2OC[PH](=O)O)c(=O)[nH]1. The van der Waals surface area contributed by atoms with E-state index in [1.165, 1.54) is 9.13 Å². The van der Waals surface area contributed by atoms with Crippen LogP contribution >= 0.6 is 15.6 Å². The van der Waals surface area contributed by atoms with Crippen LogP contribution in [-0.2, 0) is 32.6 Å². The first-order valence-corrected chi connectivity index (χ1v) is 17.2. The number of ether oxygens (including phenoxy) is 4. The van der Waals surface area contributed by atoms with Gasteiger partial charge in [0.1, 0.15) is 49.3 Å². The minimum Gasteiger partial charge on any atom is -0.394 e. The minimum absolute atomic E-state index is 0.0533. The first-order valence-electron chi connectivity index (χ1n) is 13.9. The molecule has 26 heteroatoms. The predicted molar refractivity (Wildman–Crippen MR) is 159 cm³/mol. The minimum atomic E-state index is -4.71. The molecule has 0 radical (unpaired) electrons. The van der Waals surface area contributed by atoms with E-state index >= 15 is 0 Å². The number of hydrogen-bond acceptors (Lipinski definition) is 18. The van der Waals surface area contributed by atoms with Crippen molar-refractivity contribution < 1.29 is 57.7 Å². The van der Waals surface area contributed by atoms with Crippen molar-refractivity contribution in [2.45, 2.75) is 49.1 Å². The maximum absolute atomic E-state index is 13.1. The Morgan fingerprint density at radius 3 is 1.94 bits per heavy atom. The molecule has 0 spiro atoms. The molecule has 6 heterocycles. The molecule has 4 unspecified atom stereocenters. The highest BCUT2D eigenvalue weighted by molar-refractivity contribution is 7.52. The zero-order chi connectivity index (χ0) is 34.5. The number of H-pyrrole nitrogens is 2. The van der Waals surface area contributed by atoms with Gasteiger partial charge in [-0.2, -0.15) is 9.97 Å². The number of hydrogen-bond donors (Lipinski definition) is 9. The van der Waals surface area contributed by atoms with E-state index in [4.69, 9.17) is 34.9 Å². The van der Waals surface area contributed by atoms with E-state index in [0.29, 0.717) is 0 Å². The number of nitrogens with one attached hydrogen (secondary N) is 2. The summed E-state index contributed by atoms with van der Waals surface area (Å²) in [6, 6.07) is 0. The van der Waals surface area contributed by atoms with E-state index in [2.05, 4.69) is 29.9 Å². The van der Waals surface area contributed by atoms with Gasteiger partial charge >= 0.3 is 7.60 Å². The van der Waals surface area contributed by atoms with Gasteiger partial charge in [0, 0.05) is 0 Å². The van der Waals surface area contributed by atoms with Crippen molar-refractivity contribution in [3.63, 3.8) is 0 Å². The van der Waals surface area contributed by atoms with Gasteiger partial charge in [0.2, 0.25) is 19.9 Å². The summed E-state index contributed by atoms with van der Waals surface area (Å²) in [6.07, 6.45) is -10.5. The third kappa shape index (κ3) is 6.53. The van der Waals surface area contributed by atoms with Crippen LogP contribution in [0.15, 0.2) is 22.2 Å². The lowest BCUT2D eigenvalue weighted by Crippen LogP contribution is -2.36. The molecule has 0 aromatic carbocycles. The van der Waals surface area contributed by atoms with Gasteiger partial charge in [-0.15, -0.1) is 0 Å². The number of anilines is 2. The number of imidazole rings is 2. The van der Waals surface area contributed by atoms with E-state index in [1.54, 1.807) is 0 Å². The molecule has 2 saturated heterocycles. The van der Waals surface area contributed by atoms with Gasteiger partial charge in [0.25, 0.3) is 11.1 Å². The Kier molecular flexibility index (Phi) is 9.52. The first-order chi connectivity index (χ1) is 22.8. The van der Waals surface area contributed by atoms with Gasteiger partial charge < -0.3 is 60.0 Å². The molecule has 4 aromatic heterocycles. The van der Waals surface area contributed by atoms with Crippen LogP contribution in [0.1, 0.15) is 12.5 Å². The Bertz CT molecular complexity index is 2000. The molecule has 2 fully saturated rings.